The minimum absolute atomic E-state index is 0. The lowest BCUT2D eigenvalue weighted by Crippen LogP contribution is -2.45. The molecule has 0 aromatic rings. The second-order valence-electron chi connectivity index (χ2n) is 7.74. The number of carbonyl (C=O) groups is 1. The lowest BCUT2D eigenvalue weighted by Gasteiger charge is -2.26. The molecule has 1 saturated heterocycles. The summed E-state index contributed by atoms with van der Waals surface area (Å²) >= 11 is 0. The van der Waals surface area contributed by atoms with Crippen LogP contribution in [0.25, 0.3) is 0 Å². The van der Waals surface area contributed by atoms with Crippen LogP contribution >= 0.6 is 24.0 Å². The van der Waals surface area contributed by atoms with Crippen LogP contribution in [-0.2, 0) is 4.79 Å². The first-order valence-corrected chi connectivity index (χ1v) is 10.1. The van der Waals surface area contributed by atoms with Crippen molar-refractivity contribution in [2.24, 2.45) is 16.8 Å². The minimum atomic E-state index is 0. The van der Waals surface area contributed by atoms with Gasteiger partial charge in [-0.05, 0) is 38.5 Å². The number of aliphatic imine (C=N–C) groups is 1. The Morgan fingerprint density at radius 2 is 1.88 bits per heavy atom. The molecule has 2 aliphatic carbocycles. The van der Waals surface area contributed by atoms with E-state index in [0.717, 1.165) is 57.3 Å². The number of hydrogen-bond acceptors (Lipinski definition) is 2. The van der Waals surface area contributed by atoms with Crippen LogP contribution in [0.2, 0.25) is 0 Å². The minimum Gasteiger partial charge on any atom is -0.357 e. The monoisotopic (exact) mass is 462 g/mol. The van der Waals surface area contributed by atoms with Crippen LogP contribution in [0.5, 0.6) is 0 Å². The van der Waals surface area contributed by atoms with E-state index in [-0.39, 0.29) is 29.9 Å². The molecule has 0 bridgehead atoms. The fourth-order valence-electron chi connectivity index (χ4n) is 3.96. The smallest absolute Gasteiger partial charge is 0.225 e. The molecule has 0 spiro atoms. The predicted molar refractivity (Wildman–Crippen MR) is 113 cm³/mol. The first-order valence-electron chi connectivity index (χ1n) is 10.1. The Morgan fingerprint density at radius 3 is 2.56 bits per heavy atom. The molecule has 144 valence electrons. The third-order valence-electron chi connectivity index (χ3n) is 5.64. The summed E-state index contributed by atoms with van der Waals surface area (Å²) in [5.41, 5.74) is 0. The van der Waals surface area contributed by atoms with E-state index >= 15 is 0 Å². The van der Waals surface area contributed by atoms with Crippen molar-refractivity contribution in [2.75, 3.05) is 26.2 Å². The van der Waals surface area contributed by atoms with Gasteiger partial charge in [0.2, 0.25) is 5.91 Å². The van der Waals surface area contributed by atoms with Gasteiger partial charge in [0, 0.05) is 38.1 Å². The lowest BCUT2D eigenvalue weighted by molar-refractivity contribution is -0.135. The number of likely N-dealkylation sites (tertiary alicyclic amines) is 1. The number of hydrogen-bond donors (Lipinski definition) is 2. The molecule has 3 rings (SSSR count). The van der Waals surface area contributed by atoms with Gasteiger partial charge in [-0.1, -0.05) is 32.1 Å². The summed E-state index contributed by atoms with van der Waals surface area (Å²) in [6.45, 7) is 5.63. The van der Waals surface area contributed by atoms with Gasteiger partial charge in [0.1, 0.15) is 0 Å². The molecular weight excluding hydrogens is 427 g/mol. The van der Waals surface area contributed by atoms with Crippen molar-refractivity contribution < 1.29 is 4.79 Å². The van der Waals surface area contributed by atoms with Crippen molar-refractivity contribution in [3.05, 3.63) is 0 Å². The molecule has 1 unspecified atom stereocenters. The van der Waals surface area contributed by atoms with Crippen molar-refractivity contribution in [3.63, 3.8) is 0 Å². The van der Waals surface area contributed by atoms with Gasteiger partial charge < -0.3 is 15.5 Å². The van der Waals surface area contributed by atoms with Crippen LogP contribution in [-0.4, -0.2) is 49.0 Å². The zero-order valence-corrected chi connectivity index (χ0v) is 18.0. The summed E-state index contributed by atoms with van der Waals surface area (Å²) < 4.78 is 0. The fourth-order valence-corrected chi connectivity index (χ4v) is 3.96. The second-order valence-corrected chi connectivity index (χ2v) is 7.74. The van der Waals surface area contributed by atoms with E-state index in [1.54, 1.807) is 0 Å². The average Bonchev–Trinajstić information content (AvgIpc) is 3.31. The predicted octanol–water partition coefficient (Wildman–Crippen LogP) is 3.14. The number of halogens is 1. The highest BCUT2D eigenvalue weighted by molar-refractivity contribution is 14.0. The van der Waals surface area contributed by atoms with Gasteiger partial charge in [-0.15, -0.1) is 24.0 Å². The SMILES string of the molecule is CCNC(=NCCC1CC1)NC1CCN(C(=O)C2CCCCC2)C1.I. The van der Waals surface area contributed by atoms with Crippen LogP contribution < -0.4 is 10.6 Å². The van der Waals surface area contributed by atoms with Crippen molar-refractivity contribution in [3.8, 4) is 0 Å². The highest BCUT2D eigenvalue weighted by Crippen LogP contribution is 2.32. The lowest BCUT2D eigenvalue weighted by atomic mass is 9.88. The molecule has 0 aromatic heterocycles. The topological polar surface area (TPSA) is 56.7 Å². The van der Waals surface area contributed by atoms with E-state index in [1.165, 1.54) is 38.5 Å². The van der Waals surface area contributed by atoms with Crippen molar-refractivity contribution >= 4 is 35.8 Å². The van der Waals surface area contributed by atoms with Crippen LogP contribution in [0.3, 0.4) is 0 Å². The molecule has 2 N–H and O–H groups in total. The van der Waals surface area contributed by atoms with E-state index in [9.17, 15) is 4.79 Å². The molecule has 1 heterocycles. The standard InChI is InChI=1S/C19H34N4O.HI/c1-2-20-19(21-12-10-15-8-9-15)22-17-11-13-23(14-17)18(24)16-6-4-3-5-7-16;/h15-17H,2-14H2,1H3,(H2,20,21,22);1H. The van der Waals surface area contributed by atoms with Gasteiger partial charge in [0.15, 0.2) is 5.96 Å². The Kier molecular flexibility index (Phi) is 8.79. The fraction of sp³-hybridized carbons (Fsp3) is 0.895. The number of amides is 1. The molecule has 0 aromatic carbocycles. The maximum Gasteiger partial charge on any atom is 0.225 e. The Balaban J connectivity index is 0.00000225. The number of rotatable bonds is 6. The van der Waals surface area contributed by atoms with Crippen molar-refractivity contribution in [1.82, 2.24) is 15.5 Å². The summed E-state index contributed by atoms with van der Waals surface area (Å²) in [5.74, 6) is 2.54. The molecular formula is C19H35IN4O. The van der Waals surface area contributed by atoms with E-state index in [4.69, 9.17) is 4.99 Å². The first-order chi connectivity index (χ1) is 11.8. The number of nitrogens with one attached hydrogen (secondary N) is 2. The molecule has 3 aliphatic rings. The zero-order valence-electron chi connectivity index (χ0n) is 15.6. The van der Waals surface area contributed by atoms with Crippen molar-refractivity contribution in [2.45, 2.75) is 70.8 Å². The maximum atomic E-state index is 12.7. The first kappa shape index (κ1) is 20.8. The Morgan fingerprint density at radius 1 is 1.12 bits per heavy atom. The Labute approximate surface area is 169 Å². The number of guanidine groups is 1. The summed E-state index contributed by atoms with van der Waals surface area (Å²) in [6.07, 6.45) is 11.0. The highest BCUT2D eigenvalue weighted by atomic mass is 127. The molecule has 1 amide bonds. The summed E-state index contributed by atoms with van der Waals surface area (Å²) in [7, 11) is 0. The largest absolute Gasteiger partial charge is 0.357 e. The maximum absolute atomic E-state index is 12.7. The molecule has 1 aliphatic heterocycles. The van der Waals surface area contributed by atoms with Gasteiger partial charge in [0.25, 0.3) is 0 Å². The normalized spacial score (nSPS) is 24.8. The van der Waals surface area contributed by atoms with Gasteiger partial charge in [-0.25, -0.2) is 0 Å². The molecule has 25 heavy (non-hydrogen) atoms. The van der Waals surface area contributed by atoms with Gasteiger partial charge in [-0.2, -0.15) is 0 Å². The number of carbonyl (C=O) groups excluding carboxylic acids is 1. The van der Waals surface area contributed by atoms with Crippen LogP contribution in [0.1, 0.15) is 64.7 Å². The third kappa shape index (κ3) is 6.61. The quantitative estimate of drug-likeness (QED) is 0.362. The van der Waals surface area contributed by atoms with Crippen molar-refractivity contribution in [1.29, 1.82) is 0 Å². The average molecular weight is 462 g/mol. The molecule has 0 radical (unpaired) electrons. The van der Waals surface area contributed by atoms with Gasteiger partial charge >= 0.3 is 0 Å². The molecule has 5 nitrogen and oxygen atoms in total. The van der Waals surface area contributed by atoms with E-state index < -0.39 is 0 Å². The highest BCUT2D eigenvalue weighted by Gasteiger charge is 2.31. The van der Waals surface area contributed by atoms with Crippen LogP contribution in [0, 0.1) is 11.8 Å². The van der Waals surface area contributed by atoms with Crippen LogP contribution in [0.4, 0.5) is 0 Å². The van der Waals surface area contributed by atoms with Crippen LogP contribution in [0.15, 0.2) is 4.99 Å². The zero-order chi connectivity index (χ0) is 16.8. The Bertz CT molecular complexity index is 447. The van der Waals surface area contributed by atoms with Gasteiger partial charge in [-0.3, -0.25) is 9.79 Å². The van der Waals surface area contributed by atoms with E-state index in [1.807, 2.05) is 0 Å². The summed E-state index contributed by atoms with van der Waals surface area (Å²) in [5, 5.41) is 6.89. The summed E-state index contributed by atoms with van der Waals surface area (Å²) in [4.78, 5) is 19.5. The van der Waals surface area contributed by atoms with Gasteiger partial charge in [0.05, 0.1) is 0 Å². The second kappa shape index (κ2) is 10.6. The molecule has 6 heteroatoms. The van der Waals surface area contributed by atoms with E-state index in [0.29, 0.717) is 11.9 Å². The molecule has 2 saturated carbocycles. The Hall–Kier alpha value is -0.530. The third-order valence-corrected chi connectivity index (χ3v) is 5.64. The summed E-state index contributed by atoms with van der Waals surface area (Å²) in [6, 6.07) is 0.344. The molecule has 1 atom stereocenters. The van der Waals surface area contributed by atoms with E-state index in [2.05, 4.69) is 22.5 Å². The molecule has 3 fully saturated rings. The number of nitrogens with zero attached hydrogens (tertiary/aromatic N) is 2.